The number of hydrogen-bond donors (Lipinski definition) is 5. The minimum atomic E-state index is -1.40. The van der Waals surface area contributed by atoms with Gasteiger partial charge in [0.15, 0.2) is 6.04 Å². The Morgan fingerprint density at radius 1 is 1.04 bits per heavy atom. The van der Waals surface area contributed by atoms with Crippen LogP contribution in [0.5, 0.6) is 11.5 Å². The van der Waals surface area contributed by atoms with Crippen molar-refractivity contribution in [2.75, 3.05) is 0 Å². The molecule has 2 aromatic carbocycles. The molecule has 0 fully saturated rings. The zero-order valence-electron chi connectivity index (χ0n) is 12.7. The van der Waals surface area contributed by atoms with Gasteiger partial charge in [-0.2, -0.15) is 0 Å². The molecule has 7 heteroatoms. The van der Waals surface area contributed by atoms with Gasteiger partial charge in [0.05, 0.1) is 6.04 Å². The Balaban J connectivity index is 2.09. The van der Waals surface area contributed by atoms with Crippen LogP contribution in [0.25, 0.3) is 0 Å². The van der Waals surface area contributed by atoms with Crippen molar-refractivity contribution in [1.82, 2.24) is 5.32 Å². The Morgan fingerprint density at radius 3 is 2.25 bits per heavy atom. The molecule has 0 saturated heterocycles. The number of aliphatic carboxylic acids is 1. The molecule has 0 aliphatic rings. The van der Waals surface area contributed by atoms with Crippen LogP contribution in [-0.2, 0) is 16.0 Å². The average molecular weight is 330 g/mol. The third-order valence-electron chi connectivity index (χ3n) is 3.51. The number of nitrogens with two attached hydrogens (primary N) is 1. The lowest BCUT2D eigenvalue weighted by Gasteiger charge is -2.19. The molecule has 24 heavy (non-hydrogen) atoms. The van der Waals surface area contributed by atoms with Crippen LogP contribution in [0.1, 0.15) is 17.2 Å². The van der Waals surface area contributed by atoms with Crippen molar-refractivity contribution in [2.24, 2.45) is 5.73 Å². The minimum Gasteiger partial charge on any atom is -0.508 e. The number of carboxylic acid groups (broad SMARTS) is 1. The summed E-state index contributed by atoms with van der Waals surface area (Å²) in [6, 6.07) is 9.70. The standard InChI is InChI=1S/C17H18N2O5/c18-13(9-10-5-7-11(20)8-6-10)16(22)19-15(17(23)24)12-3-1-2-4-14(12)21/h1-8,13,15,20-21H,9,18H2,(H,19,22)(H,23,24)/t13-,15-/m0/s1. The molecular weight excluding hydrogens is 312 g/mol. The predicted octanol–water partition coefficient (Wildman–Crippen LogP) is 0.910. The minimum absolute atomic E-state index is 0.0789. The van der Waals surface area contributed by atoms with Crippen LogP contribution in [-0.4, -0.2) is 33.2 Å². The first-order chi connectivity index (χ1) is 11.4. The third-order valence-corrected chi connectivity index (χ3v) is 3.51. The zero-order chi connectivity index (χ0) is 17.7. The molecule has 0 aliphatic heterocycles. The van der Waals surface area contributed by atoms with E-state index in [1.807, 2.05) is 0 Å². The third kappa shape index (κ3) is 4.23. The normalized spacial score (nSPS) is 13.0. The highest BCUT2D eigenvalue weighted by molar-refractivity contribution is 5.88. The van der Waals surface area contributed by atoms with Gasteiger partial charge in [0.25, 0.3) is 0 Å². The Kier molecular flexibility index (Phi) is 5.39. The summed E-state index contributed by atoms with van der Waals surface area (Å²) < 4.78 is 0. The van der Waals surface area contributed by atoms with Crippen molar-refractivity contribution in [3.63, 3.8) is 0 Å². The molecule has 1 amide bonds. The maximum absolute atomic E-state index is 12.2. The number of carbonyl (C=O) groups is 2. The highest BCUT2D eigenvalue weighted by Crippen LogP contribution is 2.24. The van der Waals surface area contributed by atoms with Gasteiger partial charge in [-0.05, 0) is 30.2 Å². The fraction of sp³-hybridized carbons (Fsp3) is 0.176. The van der Waals surface area contributed by atoms with Gasteiger partial charge in [0.1, 0.15) is 11.5 Å². The smallest absolute Gasteiger partial charge is 0.331 e. The summed E-state index contributed by atoms with van der Waals surface area (Å²) >= 11 is 0. The molecular formula is C17H18N2O5. The molecule has 2 atom stereocenters. The molecule has 0 bridgehead atoms. The first kappa shape index (κ1) is 17.3. The number of phenols is 2. The number of benzene rings is 2. The molecule has 6 N–H and O–H groups in total. The number of carbonyl (C=O) groups excluding carboxylic acids is 1. The monoisotopic (exact) mass is 330 g/mol. The molecule has 0 aromatic heterocycles. The molecule has 0 aliphatic carbocycles. The van der Waals surface area contributed by atoms with E-state index in [2.05, 4.69) is 5.32 Å². The highest BCUT2D eigenvalue weighted by atomic mass is 16.4. The molecule has 0 radical (unpaired) electrons. The van der Waals surface area contributed by atoms with E-state index in [1.54, 1.807) is 24.3 Å². The predicted molar refractivity (Wildman–Crippen MR) is 86.4 cm³/mol. The van der Waals surface area contributed by atoms with Gasteiger partial charge in [-0.15, -0.1) is 0 Å². The topological polar surface area (TPSA) is 133 Å². The largest absolute Gasteiger partial charge is 0.508 e. The molecule has 0 spiro atoms. The molecule has 0 heterocycles. The van der Waals surface area contributed by atoms with Crippen LogP contribution in [0.3, 0.4) is 0 Å². The molecule has 2 rings (SSSR count). The van der Waals surface area contributed by atoms with E-state index in [-0.39, 0.29) is 23.5 Å². The number of aromatic hydroxyl groups is 2. The molecule has 0 saturated carbocycles. The summed E-state index contributed by atoms with van der Waals surface area (Å²) in [4.78, 5) is 23.6. The number of nitrogens with one attached hydrogen (secondary N) is 1. The summed E-state index contributed by atoms with van der Waals surface area (Å²) in [5.74, 6) is -2.08. The fourth-order valence-electron chi connectivity index (χ4n) is 2.23. The summed E-state index contributed by atoms with van der Waals surface area (Å²) in [5.41, 5.74) is 6.63. The van der Waals surface area contributed by atoms with Crippen molar-refractivity contribution in [3.05, 3.63) is 59.7 Å². The molecule has 7 nitrogen and oxygen atoms in total. The maximum Gasteiger partial charge on any atom is 0.331 e. The van der Waals surface area contributed by atoms with E-state index >= 15 is 0 Å². The first-order valence-corrected chi connectivity index (χ1v) is 7.23. The van der Waals surface area contributed by atoms with E-state index in [0.717, 1.165) is 5.56 Å². The number of amides is 1. The van der Waals surface area contributed by atoms with Gasteiger partial charge in [-0.1, -0.05) is 30.3 Å². The van der Waals surface area contributed by atoms with Crippen molar-refractivity contribution >= 4 is 11.9 Å². The molecule has 126 valence electrons. The second-order valence-electron chi connectivity index (χ2n) is 5.32. The quantitative estimate of drug-likeness (QED) is 0.535. The van der Waals surface area contributed by atoms with Crippen LogP contribution in [0, 0.1) is 0 Å². The lowest BCUT2D eigenvalue weighted by atomic mass is 10.0. The Hall–Kier alpha value is -3.06. The molecule has 2 aromatic rings. The lowest BCUT2D eigenvalue weighted by molar-refractivity contribution is -0.142. The fourth-order valence-corrected chi connectivity index (χ4v) is 2.23. The zero-order valence-corrected chi connectivity index (χ0v) is 12.7. The second-order valence-corrected chi connectivity index (χ2v) is 5.32. The van der Waals surface area contributed by atoms with Crippen LogP contribution >= 0.6 is 0 Å². The van der Waals surface area contributed by atoms with Gasteiger partial charge in [0.2, 0.25) is 5.91 Å². The van der Waals surface area contributed by atoms with Crippen LogP contribution < -0.4 is 11.1 Å². The summed E-state index contributed by atoms with van der Waals surface area (Å²) in [6.45, 7) is 0. The van der Waals surface area contributed by atoms with E-state index < -0.39 is 24.0 Å². The van der Waals surface area contributed by atoms with E-state index in [4.69, 9.17) is 5.73 Å². The van der Waals surface area contributed by atoms with Gasteiger partial charge in [-0.25, -0.2) is 4.79 Å². The highest BCUT2D eigenvalue weighted by Gasteiger charge is 2.26. The number of rotatable bonds is 6. The van der Waals surface area contributed by atoms with E-state index in [1.165, 1.54) is 24.3 Å². The van der Waals surface area contributed by atoms with Crippen molar-refractivity contribution < 1.29 is 24.9 Å². The maximum atomic E-state index is 12.2. The number of hydrogen-bond acceptors (Lipinski definition) is 5. The average Bonchev–Trinajstić information content (AvgIpc) is 2.55. The van der Waals surface area contributed by atoms with Crippen LogP contribution in [0.15, 0.2) is 48.5 Å². The van der Waals surface area contributed by atoms with Crippen LogP contribution in [0.4, 0.5) is 0 Å². The lowest BCUT2D eigenvalue weighted by Crippen LogP contribution is -2.45. The van der Waals surface area contributed by atoms with Gasteiger partial charge in [-0.3, -0.25) is 4.79 Å². The van der Waals surface area contributed by atoms with E-state index in [0.29, 0.717) is 0 Å². The summed E-state index contributed by atoms with van der Waals surface area (Å²) in [6.07, 6.45) is 0.180. The number of carboxylic acids is 1. The molecule has 0 unspecified atom stereocenters. The number of phenolic OH excluding ortho intramolecular Hbond substituents is 2. The van der Waals surface area contributed by atoms with Crippen molar-refractivity contribution in [2.45, 2.75) is 18.5 Å². The van der Waals surface area contributed by atoms with Crippen molar-refractivity contribution in [3.8, 4) is 11.5 Å². The van der Waals surface area contributed by atoms with Gasteiger partial charge >= 0.3 is 5.97 Å². The van der Waals surface area contributed by atoms with E-state index in [9.17, 15) is 24.9 Å². The van der Waals surface area contributed by atoms with Crippen LogP contribution in [0.2, 0.25) is 0 Å². The van der Waals surface area contributed by atoms with Crippen molar-refractivity contribution in [1.29, 1.82) is 0 Å². The Morgan fingerprint density at radius 2 is 1.67 bits per heavy atom. The summed E-state index contributed by atoms with van der Waals surface area (Å²) in [7, 11) is 0. The SMILES string of the molecule is N[C@@H](Cc1ccc(O)cc1)C(=O)N[C@H](C(=O)O)c1ccccc1O. The van der Waals surface area contributed by atoms with Gasteiger partial charge in [0, 0.05) is 5.56 Å². The number of para-hydroxylation sites is 1. The second kappa shape index (κ2) is 7.47. The first-order valence-electron chi connectivity index (χ1n) is 7.23. The Labute approximate surface area is 138 Å². The summed E-state index contributed by atoms with van der Waals surface area (Å²) in [5, 5.41) is 30.6. The van der Waals surface area contributed by atoms with Gasteiger partial charge < -0.3 is 26.4 Å². The Bertz CT molecular complexity index is 730.